The van der Waals surface area contributed by atoms with Crippen LogP contribution >= 0.6 is 0 Å². The molecule has 0 spiro atoms. The van der Waals surface area contributed by atoms with Gasteiger partial charge in [-0.2, -0.15) is 8.42 Å². The Bertz CT molecular complexity index is 583. The van der Waals surface area contributed by atoms with Crippen LogP contribution in [0.25, 0.3) is 0 Å². The van der Waals surface area contributed by atoms with E-state index >= 15 is 0 Å². The van der Waals surface area contributed by atoms with Gasteiger partial charge >= 0.3 is 10.4 Å². The van der Waals surface area contributed by atoms with E-state index in [1.807, 2.05) is 0 Å². The highest BCUT2D eigenvalue weighted by atomic mass is 32.3. The molecule has 2 rings (SSSR count). The number of rotatable bonds is 6. The summed E-state index contributed by atoms with van der Waals surface area (Å²) in [7, 11) is -5.15. The first-order valence-electron chi connectivity index (χ1n) is 7.74. The minimum atomic E-state index is -5.15. The highest BCUT2D eigenvalue weighted by Gasteiger charge is 2.51. The van der Waals surface area contributed by atoms with Crippen molar-refractivity contribution in [2.24, 2.45) is 0 Å². The van der Waals surface area contributed by atoms with Crippen molar-refractivity contribution in [3.63, 3.8) is 0 Å². The van der Waals surface area contributed by atoms with Crippen LogP contribution in [0.4, 0.5) is 0 Å². The normalized spacial score (nSPS) is 46.4. The van der Waals surface area contributed by atoms with E-state index in [4.69, 9.17) is 23.9 Å². The second kappa shape index (κ2) is 8.87. The Kier molecular flexibility index (Phi) is 7.47. The Morgan fingerprint density at radius 3 is 1.70 bits per heavy atom. The molecule has 10 atom stereocenters. The van der Waals surface area contributed by atoms with Gasteiger partial charge in [0.2, 0.25) is 0 Å². The topological polar surface area (TPSA) is 233 Å². The van der Waals surface area contributed by atoms with Crippen LogP contribution in [0.3, 0.4) is 0 Å². The van der Waals surface area contributed by atoms with Crippen LogP contribution in [0.2, 0.25) is 0 Å². The van der Waals surface area contributed by atoms with Gasteiger partial charge in [0.05, 0.1) is 13.2 Å². The van der Waals surface area contributed by atoms with Gasteiger partial charge in [-0.1, -0.05) is 0 Å². The maximum Gasteiger partial charge on any atom is 0.397 e. The molecule has 0 aliphatic carbocycles. The first-order valence-corrected chi connectivity index (χ1v) is 9.10. The van der Waals surface area contributed by atoms with Crippen molar-refractivity contribution in [3.05, 3.63) is 0 Å². The molecule has 0 amide bonds. The lowest BCUT2D eigenvalue weighted by Gasteiger charge is -2.45. The molecular weight excluding hydrogens is 400 g/mol. The van der Waals surface area contributed by atoms with E-state index in [0.29, 0.717) is 0 Å². The SMILES string of the molecule is O=S(=O)(O)O[C@H]1C(OC2O[C@H](CO)[C@H](O)[C@H](O)[C@H]2O)O[C@H](CO)[C@@H](O)[C@@H]1O. The van der Waals surface area contributed by atoms with Gasteiger partial charge in [-0.25, -0.2) is 4.18 Å². The first-order chi connectivity index (χ1) is 12.5. The summed E-state index contributed by atoms with van der Waals surface area (Å²) in [5, 5.41) is 67.5. The van der Waals surface area contributed by atoms with Crippen molar-refractivity contribution in [1.29, 1.82) is 0 Å². The van der Waals surface area contributed by atoms with Crippen LogP contribution in [0.15, 0.2) is 0 Å². The molecule has 0 radical (unpaired) electrons. The Hall–Kier alpha value is -0.530. The number of ether oxygens (including phenoxy) is 3. The van der Waals surface area contributed by atoms with Gasteiger partial charge in [-0.3, -0.25) is 4.55 Å². The van der Waals surface area contributed by atoms with E-state index in [-0.39, 0.29) is 0 Å². The largest absolute Gasteiger partial charge is 0.397 e. The predicted molar refractivity (Wildman–Crippen MR) is 79.0 cm³/mol. The van der Waals surface area contributed by atoms with E-state index < -0.39 is 85.0 Å². The second-order valence-corrected chi connectivity index (χ2v) is 7.08. The third kappa shape index (κ3) is 5.10. The highest BCUT2D eigenvalue weighted by molar-refractivity contribution is 7.80. The average Bonchev–Trinajstić information content (AvgIpc) is 2.60. The van der Waals surface area contributed by atoms with Gasteiger partial charge in [0.1, 0.15) is 42.7 Å². The summed E-state index contributed by atoms with van der Waals surface area (Å²) in [4.78, 5) is 0. The van der Waals surface area contributed by atoms with Crippen LogP contribution in [-0.4, -0.2) is 123 Å². The van der Waals surface area contributed by atoms with Crippen LogP contribution in [0.5, 0.6) is 0 Å². The van der Waals surface area contributed by atoms with E-state index in [1.54, 1.807) is 0 Å². The third-order valence-corrected chi connectivity index (χ3v) is 4.64. The zero-order valence-electron chi connectivity index (χ0n) is 13.6. The van der Waals surface area contributed by atoms with Crippen molar-refractivity contribution >= 4 is 10.4 Å². The van der Waals surface area contributed by atoms with Gasteiger partial charge in [0, 0.05) is 0 Å². The Labute approximate surface area is 153 Å². The summed E-state index contributed by atoms with van der Waals surface area (Å²) in [6.07, 6.45) is -17.9. The number of aliphatic hydroxyl groups excluding tert-OH is 7. The lowest BCUT2D eigenvalue weighted by atomic mass is 9.98. The summed E-state index contributed by atoms with van der Waals surface area (Å²) in [6.45, 7) is -1.60. The predicted octanol–water partition coefficient (Wildman–Crippen LogP) is -5.57. The first kappa shape index (κ1) is 22.8. The molecule has 2 aliphatic rings. The third-order valence-electron chi connectivity index (χ3n) is 4.17. The summed E-state index contributed by atoms with van der Waals surface area (Å²) < 4.78 is 50.3. The average molecular weight is 422 g/mol. The molecule has 2 aliphatic heterocycles. The number of hydrogen-bond acceptors (Lipinski definition) is 13. The van der Waals surface area contributed by atoms with E-state index in [2.05, 4.69) is 4.18 Å². The molecule has 8 N–H and O–H groups in total. The smallest absolute Gasteiger partial charge is 0.394 e. The minimum Gasteiger partial charge on any atom is -0.394 e. The Balaban J connectivity index is 2.23. The van der Waals surface area contributed by atoms with Crippen LogP contribution in [0, 0.1) is 0 Å². The number of hydrogen-bond donors (Lipinski definition) is 8. The summed E-state index contributed by atoms with van der Waals surface area (Å²) >= 11 is 0. The Morgan fingerprint density at radius 2 is 1.22 bits per heavy atom. The van der Waals surface area contributed by atoms with E-state index in [9.17, 15) is 39.1 Å². The molecule has 15 heteroatoms. The molecule has 2 fully saturated rings. The van der Waals surface area contributed by atoms with Crippen molar-refractivity contribution < 1.29 is 67.1 Å². The second-order valence-electron chi connectivity index (χ2n) is 6.03. The van der Waals surface area contributed by atoms with E-state index in [1.165, 1.54) is 0 Å². The fourth-order valence-corrected chi connectivity index (χ4v) is 3.21. The molecule has 2 saturated heterocycles. The lowest BCUT2D eigenvalue weighted by Crippen LogP contribution is -2.64. The maximum absolute atomic E-state index is 11.0. The zero-order chi connectivity index (χ0) is 20.5. The molecule has 0 saturated carbocycles. The standard InChI is InChI=1S/C12H22O14S/c13-1-3-5(15)7(17)9(19)11(23-3)25-12-10(26-27(20,21)22)8(18)6(16)4(2-14)24-12/h3-19H,1-2H2,(H,20,21,22)/t3-,4-,5+,6-,7+,8+,9-,10-,11?,12?/m1/s1. The van der Waals surface area contributed by atoms with Crippen molar-refractivity contribution in [1.82, 2.24) is 0 Å². The number of aliphatic hydroxyl groups is 7. The van der Waals surface area contributed by atoms with Crippen LogP contribution < -0.4 is 0 Å². The van der Waals surface area contributed by atoms with Crippen molar-refractivity contribution in [3.8, 4) is 0 Å². The quantitative estimate of drug-likeness (QED) is 0.186. The molecule has 2 unspecified atom stereocenters. The summed E-state index contributed by atoms with van der Waals surface area (Å²) in [6, 6.07) is 0. The molecule has 0 aromatic carbocycles. The van der Waals surface area contributed by atoms with Crippen LogP contribution in [0.1, 0.15) is 0 Å². The van der Waals surface area contributed by atoms with Gasteiger partial charge in [-0.15, -0.1) is 0 Å². The van der Waals surface area contributed by atoms with Gasteiger partial charge in [0.15, 0.2) is 18.7 Å². The van der Waals surface area contributed by atoms with Crippen LogP contribution in [-0.2, 0) is 28.8 Å². The minimum absolute atomic E-state index is 0.776. The molecule has 2 heterocycles. The van der Waals surface area contributed by atoms with Crippen molar-refractivity contribution in [2.45, 2.75) is 61.4 Å². The van der Waals surface area contributed by atoms with Gasteiger partial charge in [0.25, 0.3) is 0 Å². The summed E-state index contributed by atoms with van der Waals surface area (Å²) in [5.74, 6) is 0. The molecule has 0 bridgehead atoms. The fourth-order valence-electron chi connectivity index (χ4n) is 2.72. The lowest BCUT2D eigenvalue weighted by molar-refractivity contribution is -0.373. The van der Waals surface area contributed by atoms with E-state index in [0.717, 1.165) is 0 Å². The fraction of sp³-hybridized carbons (Fsp3) is 1.00. The molecule has 14 nitrogen and oxygen atoms in total. The highest BCUT2D eigenvalue weighted by Crippen LogP contribution is 2.29. The molecule has 27 heavy (non-hydrogen) atoms. The molecular formula is C12H22O14S. The van der Waals surface area contributed by atoms with Gasteiger partial charge < -0.3 is 50.0 Å². The summed E-state index contributed by atoms with van der Waals surface area (Å²) in [5.41, 5.74) is 0. The molecule has 0 aromatic rings. The zero-order valence-corrected chi connectivity index (χ0v) is 14.4. The maximum atomic E-state index is 11.0. The van der Waals surface area contributed by atoms with Gasteiger partial charge in [-0.05, 0) is 0 Å². The van der Waals surface area contributed by atoms with Crippen molar-refractivity contribution in [2.75, 3.05) is 13.2 Å². The molecule has 0 aromatic heterocycles. The molecule has 160 valence electrons. The Morgan fingerprint density at radius 1 is 0.741 bits per heavy atom. The monoisotopic (exact) mass is 422 g/mol.